The van der Waals surface area contributed by atoms with Gasteiger partial charge in [0.05, 0.1) is 6.61 Å². The Morgan fingerprint density at radius 3 is 2.55 bits per heavy atom. The van der Waals surface area contributed by atoms with Crippen LogP contribution in [0.3, 0.4) is 0 Å². The number of rotatable bonds is 7. The van der Waals surface area contributed by atoms with Gasteiger partial charge in [-0.15, -0.1) is 0 Å². The van der Waals surface area contributed by atoms with Crippen LogP contribution in [0.2, 0.25) is 0 Å². The van der Waals surface area contributed by atoms with Crippen LogP contribution >= 0.6 is 0 Å². The van der Waals surface area contributed by atoms with Crippen LogP contribution in [-0.4, -0.2) is 6.61 Å². The van der Waals surface area contributed by atoms with Gasteiger partial charge in [0, 0.05) is 0 Å². The van der Waals surface area contributed by atoms with E-state index < -0.39 is 0 Å². The van der Waals surface area contributed by atoms with Crippen LogP contribution < -0.4 is 4.74 Å². The second kappa shape index (κ2) is 10.2. The normalized spacial score (nSPS) is 32.0. The van der Waals surface area contributed by atoms with Gasteiger partial charge < -0.3 is 4.74 Å². The zero-order valence-electron chi connectivity index (χ0n) is 18.9. The lowest BCUT2D eigenvalue weighted by molar-refractivity contribution is 0.0699. The van der Waals surface area contributed by atoms with E-state index in [9.17, 15) is 0 Å². The second-order valence-electron chi connectivity index (χ2n) is 10.2. The predicted octanol–water partition coefficient (Wildman–Crippen LogP) is 7.77. The van der Waals surface area contributed by atoms with Gasteiger partial charge in [-0.25, -0.2) is 0 Å². The smallest absolute Gasteiger partial charge is 0.119 e. The molecule has 0 N–H and O–H groups in total. The Bertz CT molecular complexity index is 675. The van der Waals surface area contributed by atoms with E-state index >= 15 is 0 Å². The molecule has 1 heteroatoms. The molecule has 1 aromatic rings. The van der Waals surface area contributed by atoms with Gasteiger partial charge in [0.1, 0.15) is 5.75 Å². The van der Waals surface area contributed by atoms with Crippen LogP contribution in [0.5, 0.6) is 5.75 Å². The molecule has 0 aliphatic heterocycles. The standard InChI is InChI=1S/C28H42O/c1-3-5-6-7-21-8-9-23-18-24(11-10-22(23)17-21)25-12-13-27-20-28(29-16-4-2)15-14-26(27)19-25/h3,5,14-15,20-25H,4,6-13,16-19H2,1-2H3/b5-3+/t21-,22?,23-,24?,25?/m1/s1. The molecule has 3 unspecified atom stereocenters. The van der Waals surface area contributed by atoms with Gasteiger partial charge in [0.25, 0.3) is 0 Å². The predicted molar refractivity (Wildman–Crippen MR) is 123 cm³/mol. The van der Waals surface area contributed by atoms with Crippen molar-refractivity contribution >= 4 is 0 Å². The third-order valence-electron chi connectivity index (χ3n) is 8.32. The maximum absolute atomic E-state index is 5.86. The SMILES string of the molecule is C/C=C/CC[C@@H]1CC[C@@H]2CC(C3CCc4cc(OCCC)ccc4C3)CCC2C1. The number of allylic oxidation sites excluding steroid dienone is 2. The van der Waals surface area contributed by atoms with E-state index in [0.717, 1.165) is 48.4 Å². The first kappa shape index (κ1) is 21.0. The Hall–Kier alpha value is -1.24. The summed E-state index contributed by atoms with van der Waals surface area (Å²) >= 11 is 0. The zero-order valence-corrected chi connectivity index (χ0v) is 18.9. The van der Waals surface area contributed by atoms with Crippen molar-refractivity contribution in [2.24, 2.45) is 29.6 Å². The molecule has 5 atom stereocenters. The molecule has 0 spiro atoms. The van der Waals surface area contributed by atoms with Crippen LogP contribution in [0, 0.1) is 29.6 Å². The molecule has 29 heavy (non-hydrogen) atoms. The van der Waals surface area contributed by atoms with E-state index in [-0.39, 0.29) is 0 Å². The molecular formula is C28H42O. The lowest BCUT2D eigenvalue weighted by Gasteiger charge is -2.45. The summed E-state index contributed by atoms with van der Waals surface area (Å²) in [4.78, 5) is 0. The molecular weight excluding hydrogens is 352 g/mol. The molecule has 3 aliphatic rings. The first-order chi connectivity index (χ1) is 14.3. The summed E-state index contributed by atoms with van der Waals surface area (Å²) in [5, 5.41) is 0. The second-order valence-corrected chi connectivity index (χ2v) is 10.2. The van der Waals surface area contributed by atoms with Gasteiger partial charge in [0.15, 0.2) is 0 Å². The summed E-state index contributed by atoms with van der Waals surface area (Å²) in [6.07, 6.45) is 21.5. The summed E-state index contributed by atoms with van der Waals surface area (Å²) in [5.41, 5.74) is 3.17. The summed E-state index contributed by atoms with van der Waals surface area (Å²) in [6, 6.07) is 6.91. The third-order valence-corrected chi connectivity index (χ3v) is 8.32. The van der Waals surface area contributed by atoms with Gasteiger partial charge in [-0.1, -0.05) is 31.6 Å². The maximum Gasteiger partial charge on any atom is 0.119 e. The number of ether oxygens (including phenoxy) is 1. The largest absolute Gasteiger partial charge is 0.494 e. The number of aryl methyl sites for hydroxylation is 1. The molecule has 0 saturated heterocycles. The highest BCUT2D eigenvalue weighted by atomic mass is 16.5. The Morgan fingerprint density at radius 2 is 1.72 bits per heavy atom. The molecule has 0 amide bonds. The fourth-order valence-corrected chi connectivity index (χ4v) is 6.68. The van der Waals surface area contributed by atoms with E-state index in [2.05, 4.69) is 44.2 Å². The van der Waals surface area contributed by atoms with Crippen molar-refractivity contribution in [3.63, 3.8) is 0 Å². The molecule has 1 aromatic carbocycles. The Morgan fingerprint density at radius 1 is 0.931 bits per heavy atom. The highest BCUT2D eigenvalue weighted by Gasteiger charge is 2.38. The van der Waals surface area contributed by atoms with Gasteiger partial charge in [0.2, 0.25) is 0 Å². The average Bonchev–Trinajstić information content (AvgIpc) is 2.77. The van der Waals surface area contributed by atoms with Gasteiger partial charge in [-0.2, -0.15) is 0 Å². The van der Waals surface area contributed by atoms with Gasteiger partial charge in [-0.3, -0.25) is 0 Å². The summed E-state index contributed by atoms with van der Waals surface area (Å²) < 4.78 is 5.86. The summed E-state index contributed by atoms with van der Waals surface area (Å²) in [6.45, 7) is 5.16. The molecule has 4 rings (SSSR count). The molecule has 0 radical (unpaired) electrons. The van der Waals surface area contributed by atoms with Crippen molar-refractivity contribution in [1.82, 2.24) is 0 Å². The number of fused-ring (bicyclic) bond motifs is 2. The van der Waals surface area contributed by atoms with E-state index in [0.29, 0.717) is 0 Å². The molecule has 0 heterocycles. The van der Waals surface area contributed by atoms with E-state index in [1.54, 1.807) is 11.1 Å². The van der Waals surface area contributed by atoms with E-state index in [1.807, 2.05) is 0 Å². The van der Waals surface area contributed by atoms with Gasteiger partial charge in [-0.05, 0) is 130 Å². The van der Waals surface area contributed by atoms with Crippen molar-refractivity contribution in [2.45, 2.75) is 90.9 Å². The van der Waals surface area contributed by atoms with Crippen LogP contribution in [0.4, 0.5) is 0 Å². The van der Waals surface area contributed by atoms with Crippen molar-refractivity contribution < 1.29 is 4.74 Å². The number of hydrogen-bond acceptors (Lipinski definition) is 1. The van der Waals surface area contributed by atoms with Crippen LogP contribution in [-0.2, 0) is 12.8 Å². The van der Waals surface area contributed by atoms with E-state index in [4.69, 9.17) is 4.74 Å². The minimum Gasteiger partial charge on any atom is -0.494 e. The van der Waals surface area contributed by atoms with Crippen molar-refractivity contribution in [3.8, 4) is 5.75 Å². The maximum atomic E-state index is 5.86. The summed E-state index contributed by atoms with van der Waals surface area (Å²) in [7, 11) is 0. The van der Waals surface area contributed by atoms with E-state index in [1.165, 1.54) is 70.6 Å². The first-order valence-electron chi connectivity index (χ1n) is 12.6. The minimum absolute atomic E-state index is 0.836. The Balaban J connectivity index is 1.29. The average molecular weight is 395 g/mol. The molecule has 3 aliphatic carbocycles. The fourth-order valence-electron chi connectivity index (χ4n) is 6.68. The fraction of sp³-hybridized carbons (Fsp3) is 0.714. The zero-order chi connectivity index (χ0) is 20.1. The highest BCUT2D eigenvalue weighted by Crippen LogP contribution is 2.49. The molecule has 2 fully saturated rings. The molecule has 0 bridgehead atoms. The lowest BCUT2D eigenvalue weighted by atomic mass is 9.61. The highest BCUT2D eigenvalue weighted by molar-refractivity contribution is 5.37. The van der Waals surface area contributed by atoms with Crippen molar-refractivity contribution in [3.05, 3.63) is 41.5 Å². The molecule has 1 nitrogen and oxygen atoms in total. The van der Waals surface area contributed by atoms with Crippen LogP contribution in [0.15, 0.2) is 30.4 Å². The lowest BCUT2D eigenvalue weighted by Crippen LogP contribution is -2.35. The monoisotopic (exact) mass is 394 g/mol. The Kier molecular flexibility index (Phi) is 7.38. The first-order valence-corrected chi connectivity index (χ1v) is 12.6. The number of hydrogen-bond donors (Lipinski definition) is 0. The quantitative estimate of drug-likeness (QED) is 0.429. The number of benzene rings is 1. The van der Waals surface area contributed by atoms with Crippen LogP contribution in [0.25, 0.3) is 0 Å². The third kappa shape index (κ3) is 5.28. The minimum atomic E-state index is 0.836. The molecule has 2 saturated carbocycles. The Labute approximate surface area is 179 Å². The van der Waals surface area contributed by atoms with Crippen molar-refractivity contribution in [1.29, 1.82) is 0 Å². The molecule has 160 valence electrons. The van der Waals surface area contributed by atoms with Crippen LogP contribution in [0.1, 0.15) is 89.2 Å². The topological polar surface area (TPSA) is 9.23 Å². The van der Waals surface area contributed by atoms with Crippen molar-refractivity contribution in [2.75, 3.05) is 6.61 Å². The van der Waals surface area contributed by atoms with Gasteiger partial charge >= 0.3 is 0 Å². The molecule has 0 aromatic heterocycles. The summed E-state index contributed by atoms with van der Waals surface area (Å²) in [5.74, 6) is 6.09.